The molecule has 2 aliphatic carbocycles. The van der Waals surface area contributed by atoms with Crippen LogP contribution in [0.15, 0.2) is 36.5 Å². The van der Waals surface area contributed by atoms with Crippen molar-refractivity contribution in [2.24, 2.45) is 0 Å². The normalized spacial score (nSPS) is 11.2. The first-order valence-electron chi connectivity index (χ1n) is 3.79. The van der Waals surface area contributed by atoms with Crippen LogP contribution in [0.2, 0.25) is 0 Å². The zero-order valence-corrected chi connectivity index (χ0v) is 16.3. The molecular weight excluding hydrogens is 380 g/mol. The Morgan fingerprint density at radius 3 is 1.19 bits per heavy atom. The van der Waals surface area contributed by atoms with Crippen LogP contribution in [0.4, 0.5) is 0 Å². The van der Waals surface area contributed by atoms with Gasteiger partial charge >= 0.3 is 26.8 Å². The number of hydrogen-bond donors (Lipinski definition) is 0. The van der Waals surface area contributed by atoms with Crippen molar-refractivity contribution in [3.63, 3.8) is 0 Å². The van der Waals surface area contributed by atoms with Gasteiger partial charge in [0, 0.05) is 0 Å². The van der Waals surface area contributed by atoms with Gasteiger partial charge in [-0.1, -0.05) is 0 Å². The third kappa shape index (κ3) is 24.2. The van der Waals surface area contributed by atoms with Crippen molar-refractivity contribution < 1.29 is 19.2 Å². The second kappa shape index (κ2) is 29.7. The Morgan fingerprint density at radius 2 is 1.12 bits per heavy atom. The second-order valence-corrected chi connectivity index (χ2v) is 2.01. The van der Waals surface area contributed by atoms with Gasteiger partial charge in [0.25, 0.3) is 0 Å². The van der Waals surface area contributed by atoms with Gasteiger partial charge in [-0.05, 0) is 0 Å². The summed E-state index contributed by atoms with van der Waals surface area (Å²) in [6, 6.07) is 0. The SMILES string of the molecule is Br.Br.[C-]1=CC=CC1.[C-]1=CC=CC1.[CH3-].[CH3-].[SiH2]=[Ti]. The van der Waals surface area contributed by atoms with Gasteiger partial charge in [0.1, 0.15) is 0 Å². The van der Waals surface area contributed by atoms with Gasteiger partial charge in [-0.25, -0.2) is 24.3 Å². The summed E-state index contributed by atoms with van der Waals surface area (Å²) in [6.07, 6.45) is 20.0. The standard InChI is InChI=1S/2C5H5.2CH3.2BrH.H2Si.Ti/c2*1-2-4-5-3-1;;;;;;/h2*1-3H,4H2;2*1H3;2*1H;1H2;/q4*-1;;;;. The topological polar surface area (TPSA) is 0 Å². The molecule has 0 aromatic heterocycles. The van der Waals surface area contributed by atoms with Crippen LogP contribution in [0.25, 0.3) is 0 Å². The van der Waals surface area contributed by atoms with Gasteiger partial charge in [-0.2, -0.15) is 12.2 Å². The van der Waals surface area contributed by atoms with Crippen molar-refractivity contribution in [2.75, 3.05) is 0 Å². The third-order valence-electron chi connectivity index (χ3n) is 1.17. The van der Waals surface area contributed by atoms with Crippen molar-refractivity contribution in [2.45, 2.75) is 12.8 Å². The van der Waals surface area contributed by atoms with Crippen LogP contribution in [-0.2, 0) is 19.2 Å². The first-order chi connectivity index (χ1) is 6.00. The van der Waals surface area contributed by atoms with Crippen LogP contribution in [0.1, 0.15) is 12.8 Å². The minimum absolute atomic E-state index is 0. The van der Waals surface area contributed by atoms with Gasteiger partial charge in [-0.3, -0.25) is 12.2 Å². The summed E-state index contributed by atoms with van der Waals surface area (Å²) in [5.74, 6) is 0. The number of allylic oxidation sites excluding steroid dienone is 8. The predicted octanol–water partition coefficient (Wildman–Crippen LogP) is 3.75. The summed E-state index contributed by atoms with van der Waals surface area (Å²) in [5, 5.41) is 0. The van der Waals surface area contributed by atoms with Gasteiger partial charge in [0.05, 0.1) is 0 Å². The van der Waals surface area contributed by atoms with Crippen LogP contribution in [0.3, 0.4) is 0 Å². The molecule has 0 spiro atoms. The zero-order chi connectivity index (χ0) is 9.07. The molecule has 0 N–H and O–H groups in total. The Labute approximate surface area is 136 Å². The van der Waals surface area contributed by atoms with E-state index in [1.54, 1.807) is 0 Å². The first kappa shape index (κ1) is 30.1. The molecule has 94 valence electrons. The number of halogens is 2. The fourth-order valence-corrected chi connectivity index (χ4v) is 0.680. The van der Waals surface area contributed by atoms with E-state index in [-0.39, 0.29) is 48.8 Å². The molecule has 0 aromatic rings. The molecule has 16 heavy (non-hydrogen) atoms. The van der Waals surface area contributed by atoms with E-state index in [9.17, 15) is 0 Å². The Kier molecular flexibility index (Phi) is 55.9. The van der Waals surface area contributed by atoms with Gasteiger partial charge in [0.15, 0.2) is 0 Å². The predicted molar refractivity (Wildman–Crippen MR) is 85.2 cm³/mol. The Hall–Kier alpha value is 0.851. The summed E-state index contributed by atoms with van der Waals surface area (Å²) in [4.78, 5) is 0. The molecule has 0 bridgehead atoms. The summed E-state index contributed by atoms with van der Waals surface area (Å²) in [5.41, 5.74) is 0. The summed E-state index contributed by atoms with van der Waals surface area (Å²) < 4.78 is 0. The average molecular weight is 400 g/mol. The van der Waals surface area contributed by atoms with E-state index in [2.05, 4.69) is 24.3 Å². The molecule has 0 saturated heterocycles. The van der Waals surface area contributed by atoms with E-state index in [4.69, 9.17) is 0 Å². The zero-order valence-electron chi connectivity index (χ0n) is 9.90. The maximum atomic E-state index is 2.99. The molecule has 0 aliphatic heterocycles. The molecule has 2 aliphatic rings. The van der Waals surface area contributed by atoms with Crippen molar-refractivity contribution >= 4 is 41.6 Å². The molecular formula is C12H20Br2SiTi-4. The van der Waals surface area contributed by atoms with Gasteiger partial charge < -0.3 is 14.9 Å². The van der Waals surface area contributed by atoms with Crippen LogP contribution < -0.4 is 0 Å². The van der Waals surface area contributed by atoms with E-state index in [0.29, 0.717) is 0 Å². The van der Waals surface area contributed by atoms with E-state index >= 15 is 0 Å². The van der Waals surface area contributed by atoms with Crippen molar-refractivity contribution in [3.8, 4) is 0 Å². The maximum absolute atomic E-state index is 2.99. The fraction of sp³-hybridized carbons (Fsp3) is 0.167. The van der Waals surface area contributed by atoms with Crippen molar-refractivity contribution in [1.82, 2.24) is 0 Å². The third-order valence-corrected chi connectivity index (χ3v) is 1.17. The monoisotopic (exact) mass is 398 g/mol. The quantitative estimate of drug-likeness (QED) is 0.430. The van der Waals surface area contributed by atoms with Gasteiger partial charge in [-0.15, -0.1) is 46.8 Å². The molecule has 0 heterocycles. The van der Waals surface area contributed by atoms with Crippen LogP contribution in [-0.4, -0.2) is 7.63 Å². The second-order valence-electron chi connectivity index (χ2n) is 2.01. The Balaban J connectivity index is -0.0000000360. The molecule has 0 aromatic carbocycles. The van der Waals surface area contributed by atoms with Crippen LogP contribution >= 0.6 is 34.0 Å². The van der Waals surface area contributed by atoms with Crippen molar-refractivity contribution in [3.05, 3.63) is 63.5 Å². The van der Waals surface area contributed by atoms with Crippen LogP contribution in [0, 0.1) is 27.0 Å². The van der Waals surface area contributed by atoms with Gasteiger partial charge in [0.2, 0.25) is 0 Å². The minimum atomic E-state index is 0. The molecule has 0 unspecified atom stereocenters. The van der Waals surface area contributed by atoms with E-state index in [1.807, 2.05) is 51.1 Å². The summed E-state index contributed by atoms with van der Waals surface area (Å²) >= 11 is 2.03. The molecule has 0 fully saturated rings. The Bertz CT molecular complexity index is 169. The summed E-state index contributed by atoms with van der Waals surface area (Å²) in [6.45, 7) is 0. The Morgan fingerprint density at radius 1 is 0.812 bits per heavy atom. The van der Waals surface area contributed by atoms with E-state index in [0.717, 1.165) is 12.8 Å². The molecule has 0 radical (unpaired) electrons. The molecule has 0 nitrogen and oxygen atoms in total. The van der Waals surface area contributed by atoms with E-state index in [1.165, 1.54) is 0 Å². The van der Waals surface area contributed by atoms with E-state index < -0.39 is 0 Å². The molecule has 2 rings (SSSR count). The average Bonchev–Trinajstić information content (AvgIpc) is 2.87. The number of hydrogen-bond acceptors (Lipinski definition) is 0. The van der Waals surface area contributed by atoms with Crippen molar-refractivity contribution in [1.29, 1.82) is 0 Å². The number of rotatable bonds is 0. The summed E-state index contributed by atoms with van der Waals surface area (Å²) in [7, 11) is 1.86. The molecule has 4 heteroatoms. The molecule has 0 amide bonds. The molecule has 0 atom stereocenters. The first-order valence-corrected chi connectivity index (χ1v) is 7.81. The molecule has 0 saturated carbocycles. The fourth-order valence-electron chi connectivity index (χ4n) is 0.680. The van der Waals surface area contributed by atoms with Crippen LogP contribution in [0.5, 0.6) is 0 Å².